The molecule has 8 heteroatoms. The molecule has 0 aliphatic carbocycles. The first-order valence-electron chi connectivity index (χ1n) is 7.91. The summed E-state index contributed by atoms with van der Waals surface area (Å²) in [5.41, 5.74) is 2.08. The Bertz CT molecular complexity index is 886. The topological polar surface area (TPSA) is 92.0 Å². The van der Waals surface area contributed by atoms with Crippen molar-refractivity contribution in [3.05, 3.63) is 54.0 Å². The quantitative estimate of drug-likeness (QED) is 0.886. The van der Waals surface area contributed by atoms with E-state index in [1.165, 1.54) is 11.9 Å². The highest BCUT2D eigenvalue weighted by molar-refractivity contribution is 7.92. The number of amides is 1. The van der Waals surface area contributed by atoms with Crippen LogP contribution < -0.4 is 4.72 Å². The van der Waals surface area contributed by atoms with Gasteiger partial charge in [-0.3, -0.25) is 9.52 Å². The SMILES string of the molecule is CCS(=O)(=O)Nc1ccc(C2=NN(C(C)=O)[C@@H](c3ccco3)C2)cc1. The molecule has 132 valence electrons. The minimum absolute atomic E-state index is 0.0137. The number of anilines is 1. The fraction of sp³-hybridized carbons (Fsp3) is 0.294. The molecular formula is C17H19N3O4S. The Morgan fingerprint density at radius 3 is 2.60 bits per heavy atom. The van der Waals surface area contributed by atoms with Gasteiger partial charge in [-0.1, -0.05) is 12.1 Å². The molecule has 0 spiro atoms. The Labute approximate surface area is 146 Å². The Kier molecular flexibility index (Phi) is 4.63. The number of nitrogens with one attached hydrogen (secondary N) is 1. The lowest BCUT2D eigenvalue weighted by Crippen LogP contribution is -2.23. The van der Waals surface area contributed by atoms with Crippen molar-refractivity contribution in [2.45, 2.75) is 26.3 Å². The first-order valence-corrected chi connectivity index (χ1v) is 9.56. The summed E-state index contributed by atoms with van der Waals surface area (Å²) >= 11 is 0. The van der Waals surface area contributed by atoms with Crippen molar-refractivity contribution < 1.29 is 17.6 Å². The Hall–Kier alpha value is -2.61. The van der Waals surface area contributed by atoms with Crippen LogP contribution in [0, 0.1) is 0 Å². The summed E-state index contributed by atoms with van der Waals surface area (Å²) in [6, 6.07) is 10.3. The van der Waals surface area contributed by atoms with Gasteiger partial charge in [0.05, 0.1) is 17.7 Å². The first kappa shape index (κ1) is 17.2. The molecule has 1 aliphatic rings. The van der Waals surface area contributed by atoms with Crippen molar-refractivity contribution in [2.75, 3.05) is 10.5 Å². The average Bonchev–Trinajstić information content (AvgIpc) is 3.24. The van der Waals surface area contributed by atoms with Crippen LogP contribution >= 0.6 is 0 Å². The maximum absolute atomic E-state index is 11.9. The largest absolute Gasteiger partial charge is 0.467 e. The van der Waals surface area contributed by atoms with Crippen LogP contribution in [0.4, 0.5) is 5.69 Å². The Balaban J connectivity index is 1.82. The molecule has 0 fully saturated rings. The van der Waals surface area contributed by atoms with E-state index in [4.69, 9.17) is 4.42 Å². The zero-order valence-electron chi connectivity index (χ0n) is 14.0. The van der Waals surface area contributed by atoms with E-state index in [0.717, 1.165) is 11.3 Å². The van der Waals surface area contributed by atoms with Gasteiger partial charge in [0.25, 0.3) is 0 Å². The number of carbonyl (C=O) groups is 1. The number of hydrazone groups is 1. The summed E-state index contributed by atoms with van der Waals surface area (Å²) < 4.78 is 31.1. The molecule has 0 saturated heterocycles. The van der Waals surface area contributed by atoms with Crippen LogP contribution in [0.5, 0.6) is 0 Å². The van der Waals surface area contributed by atoms with Crippen LogP contribution in [0.15, 0.2) is 52.2 Å². The minimum Gasteiger partial charge on any atom is -0.467 e. The molecular weight excluding hydrogens is 342 g/mol. The zero-order valence-corrected chi connectivity index (χ0v) is 14.8. The fourth-order valence-corrected chi connectivity index (χ4v) is 3.30. The molecule has 0 bridgehead atoms. The summed E-state index contributed by atoms with van der Waals surface area (Å²) in [5, 5.41) is 5.84. The van der Waals surface area contributed by atoms with E-state index in [9.17, 15) is 13.2 Å². The third kappa shape index (κ3) is 3.74. The predicted octanol–water partition coefficient (Wildman–Crippen LogP) is 2.74. The summed E-state index contributed by atoms with van der Waals surface area (Å²) in [6.45, 7) is 3.04. The van der Waals surface area contributed by atoms with Gasteiger partial charge in [-0.25, -0.2) is 13.4 Å². The van der Waals surface area contributed by atoms with Gasteiger partial charge in [0.15, 0.2) is 0 Å². The van der Waals surface area contributed by atoms with E-state index in [1.54, 1.807) is 43.5 Å². The third-order valence-corrected chi connectivity index (χ3v) is 5.28. The average molecular weight is 361 g/mol. The van der Waals surface area contributed by atoms with Crippen LogP contribution in [0.2, 0.25) is 0 Å². The van der Waals surface area contributed by atoms with Gasteiger partial charge in [0.2, 0.25) is 15.9 Å². The maximum atomic E-state index is 11.9. The number of rotatable bonds is 5. The highest BCUT2D eigenvalue weighted by Crippen LogP contribution is 2.33. The zero-order chi connectivity index (χ0) is 18.0. The normalized spacial score (nSPS) is 17.4. The van der Waals surface area contributed by atoms with Gasteiger partial charge in [-0.15, -0.1) is 0 Å². The number of benzene rings is 1. The van der Waals surface area contributed by atoms with Gasteiger partial charge < -0.3 is 4.42 Å². The molecule has 1 aromatic heterocycles. The molecule has 2 aromatic rings. The molecule has 1 atom stereocenters. The van der Waals surface area contributed by atoms with Crippen molar-refractivity contribution in [3.63, 3.8) is 0 Å². The molecule has 0 radical (unpaired) electrons. The number of hydrogen-bond acceptors (Lipinski definition) is 5. The van der Waals surface area contributed by atoms with Gasteiger partial charge >= 0.3 is 0 Å². The number of carbonyl (C=O) groups excluding carboxylic acids is 1. The predicted molar refractivity (Wildman–Crippen MR) is 94.6 cm³/mol. The molecule has 1 amide bonds. The van der Waals surface area contributed by atoms with Gasteiger partial charge in [0.1, 0.15) is 11.8 Å². The molecule has 0 saturated carbocycles. The van der Waals surface area contributed by atoms with Gasteiger partial charge in [-0.05, 0) is 36.8 Å². The highest BCUT2D eigenvalue weighted by atomic mass is 32.2. The number of hydrogen-bond donors (Lipinski definition) is 1. The molecule has 25 heavy (non-hydrogen) atoms. The van der Waals surface area contributed by atoms with Crippen LogP contribution in [-0.2, 0) is 14.8 Å². The molecule has 1 N–H and O–H groups in total. The summed E-state index contributed by atoms with van der Waals surface area (Å²) in [5.74, 6) is 0.532. The second-order valence-electron chi connectivity index (χ2n) is 5.73. The van der Waals surface area contributed by atoms with E-state index >= 15 is 0 Å². The number of furan rings is 1. The summed E-state index contributed by atoms with van der Waals surface area (Å²) in [4.78, 5) is 11.9. The van der Waals surface area contributed by atoms with E-state index in [-0.39, 0.29) is 17.7 Å². The van der Waals surface area contributed by atoms with Gasteiger partial charge in [-0.2, -0.15) is 5.10 Å². The summed E-state index contributed by atoms with van der Waals surface area (Å²) in [6.07, 6.45) is 2.10. The smallest absolute Gasteiger partial charge is 0.240 e. The number of sulfonamides is 1. The lowest BCUT2D eigenvalue weighted by atomic mass is 10.0. The van der Waals surface area contributed by atoms with E-state index in [0.29, 0.717) is 17.9 Å². The van der Waals surface area contributed by atoms with Crippen LogP contribution in [-0.4, -0.2) is 30.8 Å². The molecule has 1 aliphatic heterocycles. The van der Waals surface area contributed by atoms with Gasteiger partial charge in [0, 0.05) is 19.0 Å². The lowest BCUT2D eigenvalue weighted by molar-refractivity contribution is -0.130. The Morgan fingerprint density at radius 2 is 2.04 bits per heavy atom. The fourth-order valence-electron chi connectivity index (χ4n) is 2.66. The Morgan fingerprint density at radius 1 is 1.32 bits per heavy atom. The van der Waals surface area contributed by atoms with Crippen molar-refractivity contribution in [1.29, 1.82) is 0 Å². The second-order valence-corrected chi connectivity index (χ2v) is 7.74. The monoisotopic (exact) mass is 361 g/mol. The van der Waals surface area contributed by atoms with Crippen LogP contribution in [0.25, 0.3) is 0 Å². The highest BCUT2D eigenvalue weighted by Gasteiger charge is 2.33. The summed E-state index contributed by atoms with van der Waals surface area (Å²) in [7, 11) is -3.31. The molecule has 3 rings (SSSR count). The number of nitrogens with zero attached hydrogens (tertiary/aromatic N) is 2. The van der Waals surface area contributed by atoms with Crippen molar-refractivity contribution >= 4 is 27.3 Å². The third-order valence-electron chi connectivity index (χ3n) is 3.98. The molecule has 7 nitrogen and oxygen atoms in total. The van der Waals surface area contributed by atoms with Crippen molar-refractivity contribution in [1.82, 2.24) is 5.01 Å². The van der Waals surface area contributed by atoms with Crippen molar-refractivity contribution in [3.8, 4) is 0 Å². The molecule has 1 aromatic carbocycles. The lowest BCUT2D eigenvalue weighted by Gasteiger charge is -2.17. The van der Waals surface area contributed by atoms with E-state index < -0.39 is 10.0 Å². The molecule has 0 unspecified atom stereocenters. The van der Waals surface area contributed by atoms with E-state index in [2.05, 4.69) is 9.82 Å². The minimum atomic E-state index is -3.31. The van der Waals surface area contributed by atoms with Crippen LogP contribution in [0.3, 0.4) is 0 Å². The second kappa shape index (κ2) is 6.72. The van der Waals surface area contributed by atoms with Crippen molar-refractivity contribution in [2.24, 2.45) is 5.10 Å². The standard InChI is InChI=1S/C17H19N3O4S/c1-3-25(22,23)19-14-8-6-13(7-9-14)15-11-16(17-5-4-10-24-17)20(18-15)12(2)21/h4-10,16,19H,3,11H2,1-2H3/t16-/m1/s1. The first-order chi connectivity index (χ1) is 11.9. The molecule has 2 heterocycles. The van der Waals surface area contributed by atoms with E-state index in [1.807, 2.05) is 6.07 Å². The maximum Gasteiger partial charge on any atom is 0.240 e. The van der Waals surface area contributed by atoms with Crippen LogP contribution in [0.1, 0.15) is 37.6 Å².